The van der Waals surface area contributed by atoms with Crippen molar-refractivity contribution in [1.82, 2.24) is 0 Å². The van der Waals surface area contributed by atoms with Crippen molar-refractivity contribution in [3.8, 4) is 0 Å². The van der Waals surface area contributed by atoms with Crippen LogP contribution in [-0.2, 0) is 72.6 Å². The number of quaternary nitrogens is 1. The number of benzene rings is 6. The lowest BCUT2D eigenvalue weighted by Crippen LogP contribution is -2.34. The lowest BCUT2D eigenvalue weighted by molar-refractivity contribution is -0.884. The van der Waals surface area contributed by atoms with Crippen molar-refractivity contribution < 1.29 is 60.8 Å². The molecular weight excluding hydrogens is 943 g/mol. The van der Waals surface area contributed by atoms with Crippen molar-refractivity contribution in [3.63, 3.8) is 0 Å². The fraction of sp³-hybridized carbons (Fsp3) is 0.182. The van der Waals surface area contributed by atoms with Gasteiger partial charge in [0.15, 0.2) is 9.84 Å². The SMILES string of the molecule is CC.Cc1ccc(S(=O)(=O)c2ccc(S(=O)(=O)c3ccc(S(=O)(=O)Cc4ccc(S(=O)(=O)c5ccc(S(=O)(=O)c6ccc(S(=O)[O-])cc6)cc5)cc4)c(C[N+](C)(C)C)c3)cc2)cc1.[OH-]. The third-order valence-corrected chi connectivity index (χ3v) is 19.0. The summed E-state index contributed by atoms with van der Waals surface area (Å²) in [7, 11) is -15.2. The summed E-state index contributed by atoms with van der Waals surface area (Å²) >= 11 is -2.55. The molecule has 6 aromatic carbocycles. The Morgan fingerprint density at radius 1 is 0.469 bits per heavy atom. The average Bonchev–Trinajstić information content (AvgIpc) is 3.24. The van der Waals surface area contributed by atoms with Gasteiger partial charge in [-0.15, -0.1) is 0 Å². The molecule has 6 rings (SSSR count). The number of hydrogen-bond acceptors (Lipinski definition) is 13. The Morgan fingerprint density at radius 2 is 0.766 bits per heavy atom. The highest BCUT2D eigenvalue weighted by Crippen LogP contribution is 2.31. The number of hydrogen-bond donors (Lipinski definition) is 0. The molecule has 20 heteroatoms. The van der Waals surface area contributed by atoms with E-state index in [1.807, 2.05) is 20.8 Å². The van der Waals surface area contributed by atoms with Gasteiger partial charge in [0.2, 0.25) is 39.3 Å². The van der Waals surface area contributed by atoms with Crippen LogP contribution in [0.4, 0.5) is 0 Å². The molecule has 0 fully saturated rings. The highest BCUT2D eigenvalue weighted by Gasteiger charge is 2.28. The molecule has 0 aromatic heterocycles. The first kappa shape index (κ1) is 51.7. The van der Waals surface area contributed by atoms with Crippen LogP contribution in [-0.4, -0.2) is 82.0 Å². The Morgan fingerprint density at radius 3 is 1.11 bits per heavy atom. The van der Waals surface area contributed by atoms with E-state index in [0.29, 0.717) is 0 Å². The largest absolute Gasteiger partial charge is 0.870 e. The van der Waals surface area contributed by atoms with Crippen molar-refractivity contribution in [2.45, 2.75) is 82.0 Å². The molecule has 0 bridgehead atoms. The minimum Gasteiger partial charge on any atom is -0.870 e. The molecule has 1 unspecified atom stereocenters. The van der Waals surface area contributed by atoms with E-state index in [2.05, 4.69) is 0 Å². The Balaban J connectivity index is 0.00000295. The van der Waals surface area contributed by atoms with Gasteiger partial charge in [-0.2, -0.15) is 0 Å². The summed E-state index contributed by atoms with van der Waals surface area (Å²) in [6.45, 7) is 5.93. The number of rotatable bonds is 14. The van der Waals surface area contributed by atoms with Crippen LogP contribution in [0.2, 0.25) is 0 Å². The van der Waals surface area contributed by atoms with Crippen molar-refractivity contribution in [1.29, 1.82) is 0 Å². The number of sulfone groups is 5. The molecule has 0 aliphatic rings. The Kier molecular flexibility index (Phi) is 15.9. The van der Waals surface area contributed by atoms with E-state index in [4.69, 9.17) is 0 Å². The third kappa shape index (κ3) is 11.3. The molecule has 342 valence electrons. The zero-order valence-corrected chi connectivity index (χ0v) is 40.3. The average molecular weight is 989 g/mol. The van der Waals surface area contributed by atoms with Gasteiger partial charge in [0.05, 0.1) is 71.0 Å². The van der Waals surface area contributed by atoms with Gasteiger partial charge in [0, 0.05) is 10.5 Å². The topological polar surface area (TPSA) is 241 Å². The fourth-order valence-electron chi connectivity index (χ4n) is 6.31. The van der Waals surface area contributed by atoms with E-state index in [-0.39, 0.29) is 76.6 Å². The van der Waals surface area contributed by atoms with Crippen LogP contribution in [0.1, 0.15) is 30.5 Å². The minimum absolute atomic E-state index is 0. The van der Waals surface area contributed by atoms with Gasteiger partial charge < -0.3 is 14.5 Å². The summed E-state index contributed by atoms with van der Waals surface area (Å²) in [6, 6.07) is 28.9. The quantitative estimate of drug-likeness (QED) is 0.0827. The molecule has 0 spiro atoms. The van der Waals surface area contributed by atoms with E-state index in [1.165, 1.54) is 78.9 Å². The van der Waals surface area contributed by atoms with Crippen LogP contribution in [0.3, 0.4) is 0 Å². The molecule has 0 saturated carbocycles. The normalized spacial score (nSPS) is 12.9. The summed E-state index contributed by atoms with van der Waals surface area (Å²) in [4.78, 5) is -1.49. The summed E-state index contributed by atoms with van der Waals surface area (Å²) in [5, 5.41) is 0. The van der Waals surface area contributed by atoms with Gasteiger partial charge in [0.1, 0.15) is 6.54 Å². The minimum atomic E-state index is -4.24. The van der Waals surface area contributed by atoms with Crippen LogP contribution < -0.4 is 0 Å². The first-order valence-electron chi connectivity index (χ1n) is 19.0. The predicted octanol–water partition coefficient (Wildman–Crippen LogP) is 6.59. The van der Waals surface area contributed by atoms with E-state index in [1.54, 1.807) is 33.3 Å². The smallest absolute Gasteiger partial charge is 0.206 e. The van der Waals surface area contributed by atoms with E-state index in [9.17, 15) is 50.9 Å². The standard InChI is InChI=1S/C42H39NO12S6.C2H6.H2O/c1-30-5-11-34(12-6-30)58(48,49)37-21-23-40(24-22-37)61(54,55)41-25-26-42(32(27-41)28-43(2,3)4)57(46,47)29-31-7-13-35(14-8-31)59(50,51)38-17-19-39(20-18-38)60(52,53)36-15-9-33(10-16-36)56(44)45;1-2;/h5-27H,28-29H2,1-4H3;1-2H3;1H2/p-1. The van der Waals surface area contributed by atoms with Crippen molar-refractivity contribution in [2.75, 3.05) is 21.1 Å². The van der Waals surface area contributed by atoms with Crippen LogP contribution in [0, 0.1) is 6.92 Å². The maximum absolute atomic E-state index is 14.0. The Labute approximate surface area is 378 Å². The van der Waals surface area contributed by atoms with Crippen LogP contribution in [0.15, 0.2) is 188 Å². The van der Waals surface area contributed by atoms with E-state index < -0.39 is 66.0 Å². The molecule has 0 heterocycles. The monoisotopic (exact) mass is 988 g/mol. The lowest BCUT2D eigenvalue weighted by Gasteiger charge is -2.25. The summed E-state index contributed by atoms with van der Waals surface area (Å²) in [5.41, 5.74) is 1.33. The second kappa shape index (κ2) is 19.7. The van der Waals surface area contributed by atoms with Crippen molar-refractivity contribution in [3.05, 3.63) is 156 Å². The predicted molar refractivity (Wildman–Crippen MR) is 238 cm³/mol. The van der Waals surface area contributed by atoms with Crippen LogP contribution in [0.5, 0.6) is 0 Å². The molecule has 0 radical (unpaired) electrons. The molecule has 64 heavy (non-hydrogen) atoms. The molecule has 0 amide bonds. The zero-order valence-electron chi connectivity index (χ0n) is 35.4. The molecule has 0 aliphatic heterocycles. The Bertz CT molecular complexity index is 3220. The van der Waals surface area contributed by atoms with Gasteiger partial charge in [-0.3, -0.25) is 4.21 Å². The third-order valence-electron chi connectivity index (χ3n) is 9.46. The summed E-state index contributed by atoms with van der Waals surface area (Å²) in [5.74, 6) is -0.557. The van der Waals surface area contributed by atoms with Gasteiger partial charge in [0.25, 0.3) is 0 Å². The molecule has 0 aliphatic carbocycles. The first-order chi connectivity index (χ1) is 29.3. The van der Waals surface area contributed by atoms with Crippen LogP contribution in [0.25, 0.3) is 0 Å². The van der Waals surface area contributed by atoms with E-state index >= 15 is 0 Å². The highest BCUT2D eigenvalue weighted by atomic mass is 32.2. The fourth-order valence-corrected chi connectivity index (χ4v) is 13.3. The van der Waals surface area contributed by atoms with Crippen molar-refractivity contribution in [2.24, 2.45) is 0 Å². The van der Waals surface area contributed by atoms with Gasteiger partial charge >= 0.3 is 0 Å². The summed E-state index contributed by atoms with van der Waals surface area (Å²) in [6.07, 6.45) is 0. The molecule has 6 aromatic rings. The van der Waals surface area contributed by atoms with E-state index in [0.717, 1.165) is 54.1 Å². The van der Waals surface area contributed by atoms with Crippen LogP contribution >= 0.6 is 0 Å². The summed E-state index contributed by atoms with van der Waals surface area (Å²) < 4.78 is 158. The molecular formula is C44H46NO13S6-. The molecule has 14 nitrogen and oxygen atoms in total. The van der Waals surface area contributed by atoms with Gasteiger partial charge in [-0.25, -0.2) is 42.1 Å². The first-order valence-corrected chi connectivity index (χ1v) is 27.7. The second-order valence-corrected chi connectivity index (χ2v) is 25.8. The molecule has 0 saturated heterocycles. The van der Waals surface area contributed by atoms with Gasteiger partial charge in [-0.05, 0) is 139 Å². The number of nitrogens with zero attached hydrogens (tertiary/aromatic N) is 1. The second-order valence-electron chi connectivity index (χ2n) is 15.1. The van der Waals surface area contributed by atoms with Gasteiger partial charge in [-0.1, -0.05) is 43.7 Å². The van der Waals surface area contributed by atoms with Crippen molar-refractivity contribution >= 4 is 60.3 Å². The number of aryl methyl sites for hydroxylation is 1. The highest BCUT2D eigenvalue weighted by molar-refractivity contribution is 7.92. The molecule has 1 atom stereocenters. The maximum Gasteiger partial charge on any atom is 0.206 e. The zero-order chi connectivity index (χ0) is 46.8. The molecule has 1 N–H and O–H groups in total. The lowest BCUT2D eigenvalue weighted by atomic mass is 10.2. The maximum atomic E-state index is 14.0. The Hall–Kier alpha value is -4.90.